The van der Waals surface area contributed by atoms with Crippen molar-refractivity contribution in [3.05, 3.63) is 11.8 Å². The summed E-state index contributed by atoms with van der Waals surface area (Å²) in [7, 11) is 0. The molecule has 1 aliphatic heterocycles. The molecule has 1 aromatic heterocycles. The lowest BCUT2D eigenvalue weighted by atomic mass is 10.2. The normalized spacial score (nSPS) is 15.8. The number of piperazine rings is 1. The number of carbonyl (C=O) groups excluding carboxylic acids is 2. The monoisotopic (exact) mass is 252 g/mol. The van der Waals surface area contributed by atoms with E-state index < -0.39 is 0 Å². The number of rotatable bonds is 4. The van der Waals surface area contributed by atoms with Gasteiger partial charge in [-0.25, -0.2) is 0 Å². The van der Waals surface area contributed by atoms with Gasteiger partial charge < -0.3 is 14.2 Å². The number of carbonyl (C=O) groups is 2. The molecule has 0 saturated carbocycles. The predicted octanol–water partition coefficient (Wildman–Crippen LogP) is -0.389. The molecule has 0 N–H and O–H groups in total. The van der Waals surface area contributed by atoms with Gasteiger partial charge in [0.2, 0.25) is 24.1 Å². The van der Waals surface area contributed by atoms with Crippen LogP contribution in [0.15, 0.2) is 4.42 Å². The highest BCUT2D eigenvalue weighted by atomic mass is 16.4. The molecule has 7 heteroatoms. The molecule has 2 heterocycles. The fourth-order valence-electron chi connectivity index (χ4n) is 1.89. The lowest BCUT2D eigenvalue weighted by Gasteiger charge is -2.32. The van der Waals surface area contributed by atoms with E-state index in [1.165, 1.54) is 0 Å². The molecule has 1 aliphatic rings. The lowest BCUT2D eigenvalue weighted by molar-refractivity contribution is -0.135. The first-order chi connectivity index (χ1) is 8.69. The van der Waals surface area contributed by atoms with Crippen molar-refractivity contribution in [3.63, 3.8) is 0 Å². The molecule has 0 aliphatic carbocycles. The third-order valence-corrected chi connectivity index (χ3v) is 2.94. The molecule has 1 fully saturated rings. The number of hydrogen-bond acceptors (Lipinski definition) is 5. The summed E-state index contributed by atoms with van der Waals surface area (Å²) in [6.45, 7) is 4.13. The summed E-state index contributed by atoms with van der Waals surface area (Å²) >= 11 is 0. The van der Waals surface area contributed by atoms with Crippen molar-refractivity contribution in [1.29, 1.82) is 0 Å². The molecule has 0 atom stereocenters. The van der Waals surface area contributed by atoms with Crippen molar-refractivity contribution in [2.24, 2.45) is 0 Å². The van der Waals surface area contributed by atoms with Crippen LogP contribution in [0.3, 0.4) is 0 Å². The molecular weight excluding hydrogens is 236 g/mol. The standard InChI is InChI=1S/C11H16N4O3/c1-9-12-13-10(18-9)2-3-11(17)15-6-4-14(8-16)5-7-15/h8H,2-7H2,1H3. The largest absolute Gasteiger partial charge is 0.426 e. The van der Waals surface area contributed by atoms with Crippen LogP contribution in [0, 0.1) is 6.92 Å². The first kappa shape index (κ1) is 12.5. The smallest absolute Gasteiger partial charge is 0.223 e. The van der Waals surface area contributed by atoms with Crippen LogP contribution in [0.1, 0.15) is 18.2 Å². The Hall–Kier alpha value is -1.92. The zero-order valence-electron chi connectivity index (χ0n) is 10.3. The third kappa shape index (κ3) is 3.06. The van der Waals surface area contributed by atoms with E-state index in [0.29, 0.717) is 50.8 Å². The maximum Gasteiger partial charge on any atom is 0.223 e. The number of aryl methyl sites for hydroxylation is 2. The summed E-state index contributed by atoms with van der Waals surface area (Å²) in [5, 5.41) is 7.56. The molecule has 0 bridgehead atoms. The zero-order chi connectivity index (χ0) is 13.0. The van der Waals surface area contributed by atoms with Gasteiger partial charge in [-0.05, 0) is 0 Å². The van der Waals surface area contributed by atoms with Crippen molar-refractivity contribution >= 4 is 12.3 Å². The minimum atomic E-state index is 0.0661. The van der Waals surface area contributed by atoms with Crippen LogP contribution in [0.4, 0.5) is 0 Å². The number of hydrogen-bond donors (Lipinski definition) is 0. The van der Waals surface area contributed by atoms with E-state index in [2.05, 4.69) is 10.2 Å². The first-order valence-electron chi connectivity index (χ1n) is 5.95. The maximum absolute atomic E-state index is 11.9. The first-order valence-corrected chi connectivity index (χ1v) is 5.95. The average molecular weight is 252 g/mol. The molecule has 1 aromatic rings. The van der Waals surface area contributed by atoms with E-state index in [1.54, 1.807) is 16.7 Å². The van der Waals surface area contributed by atoms with Crippen LogP contribution in [-0.4, -0.2) is 58.5 Å². The van der Waals surface area contributed by atoms with E-state index in [9.17, 15) is 9.59 Å². The number of nitrogens with zero attached hydrogens (tertiary/aromatic N) is 4. The third-order valence-electron chi connectivity index (χ3n) is 2.94. The van der Waals surface area contributed by atoms with E-state index in [1.807, 2.05) is 0 Å². The Morgan fingerprint density at radius 3 is 2.61 bits per heavy atom. The molecule has 2 rings (SSSR count). The molecule has 2 amide bonds. The highest BCUT2D eigenvalue weighted by molar-refractivity contribution is 5.76. The van der Waals surface area contributed by atoms with Gasteiger partial charge in [0.15, 0.2) is 0 Å². The quantitative estimate of drug-likeness (QED) is 0.682. The van der Waals surface area contributed by atoms with Gasteiger partial charge in [0, 0.05) is 45.9 Å². The molecule has 98 valence electrons. The second kappa shape index (κ2) is 5.61. The Labute approximate surface area is 105 Å². The molecule has 7 nitrogen and oxygen atoms in total. The average Bonchev–Trinajstić information content (AvgIpc) is 2.82. The summed E-state index contributed by atoms with van der Waals surface area (Å²) in [5.74, 6) is 1.07. The fourth-order valence-corrected chi connectivity index (χ4v) is 1.89. The van der Waals surface area contributed by atoms with Gasteiger partial charge >= 0.3 is 0 Å². The van der Waals surface area contributed by atoms with Crippen LogP contribution in [-0.2, 0) is 16.0 Å². The van der Waals surface area contributed by atoms with Crippen LogP contribution in [0.5, 0.6) is 0 Å². The second-order valence-corrected chi connectivity index (χ2v) is 4.24. The topological polar surface area (TPSA) is 79.5 Å². The summed E-state index contributed by atoms with van der Waals surface area (Å²) in [6.07, 6.45) is 1.65. The maximum atomic E-state index is 11.9. The lowest BCUT2D eigenvalue weighted by Crippen LogP contribution is -2.48. The predicted molar refractivity (Wildman–Crippen MR) is 61.6 cm³/mol. The van der Waals surface area contributed by atoms with Gasteiger partial charge in [0.25, 0.3) is 0 Å². The second-order valence-electron chi connectivity index (χ2n) is 4.24. The van der Waals surface area contributed by atoms with E-state index in [-0.39, 0.29) is 5.91 Å². The highest BCUT2D eigenvalue weighted by Gasteiger charge is 2.20. The van der Waals surface area contributed by atoms with Crippen LogP contribution in [0.2, 0.25) is 0 Å². The van der Waals surface area contributed by atoms with Gasteiger partial charge in [0.05, 0.1) is 0 Å². The summed E-state index contributed by atoms with van der Waals surface area (Å²) < 4.78 is 5.21. The van der Waals surface area contributed by atoms with E-state index >= 15 is 0 Å². The minimum Gasteiger partial charge on any atom is -0.426 e. The molecule has 0 spiro atoms. The SMILES string of the molecule is Cc1nnc(CCC(=O)N2CCN(C=O)CC2)o1. The zero-order valence-corrected chi connectivity index (χ0v) is 10.3. The molecule has 18 heavy (non-hydrogen) atoms. The molecule has 0 unspecified atom stereocenters. The summed E-state index contributed by atoms with van der Waals surface area (Å²) in [5.41, 5.74) is 0. The number of amides is 2. The molecule has 0 radical (unpaired) electrons. The van der Waals surface area contributed by atoms with Gasteiger partial charge in [0.1, 0.15) is 0 Å². The molecule has 0 aromatic carbocycles. The highest BCUT2D eigenvalue weighted by Crippen LogP contribution is 2.06. The van der Waals surface area contributed by atoms with Crippen LogP contribution >= 0.6 is 0 Å². The van der Waals surface area contributed by atoms with Crippen molar-refractivity contribution in [2.75, 3.05) is 26.2 Å². The Morgan fingerprint density at radius 1 is 1.33 bits per heavy atom. The van der Waals surface area contributed by atoms with Crippen molar-refractivity contribution in [3.8, 4) is 0 Å². The Morgan fingerprint density at radius 2 is 2.06 bits per heavy atom. The van der Waals surface area contributed by atoms with Crippen molar-refractivity contribution in [1.82, 2.24) is 20.0 Å². The minimum absolute atomic E-state index is 0.0661. The molecule has 1 saturated heterocycles. The Bertz CT molecular complexity index is 424. The molecular formula is C11H16N4O3. The van der Waals surface area contributed by atoms with Crippen molar-refractivity contribution in [2.45, 2.75) is 19.8 Å². The summed E-state index contributed by atoms with van der Waals surface area (Å²) in [6, 6.07) is 0. The van der Waals surface area contributed by atoms with Gasteiger partial charge in [-0.15, -0.1) is 10.2 Å². The van der Waals surface area contributed by atoms with Crippen molar-refractivity contribution < 1.29 is 14.0 Å². The van der Waals surface area contributed by atoms with E-state index in [0.717, 1.165) is 6.41 Å². The van der Waals surface area contributed by atoms with Gasteiger partial charge in [-0.3, -0.25) is 9.59 Å². The summed E-state index contributed by atoms with van der Waals surface area (Å²) in [4.78, 5) is 25.9. The Kier molecular flexibility index (Phi) is 3.91. The Balaban J connectivity index is 1.77. The number of aromatic nitrogens is 2. The van der Waals surface area contributed by atoms with Crippen LogP contribution in [0.25, 0.3) is 0 Å². The van der Waals surface area contributed by atoms with Gasteiger partial charge in [-0.1, -0.05) is 0 Å². The fraction of sp³-hybridized carbons (Fsp3) is 0.636. The van der Waals surface area contributed by atoms with Crippen LogP contribution < -0.4 is 0 Å². The van der Waals surface area contributed by atoms with Gasteiger partial charge in [-0.2, -0.15) is 0 Å². The van der Waals surface area contributed by atoms with E-state index in [4.69, 9.17) is 4.42 Å².